The maximum absolute atomic E-state index is 12.2. The number of rotatable bonds is 5. The molecule has 0 N–H and O–H groups in total. The van der Waals surface area contributed by atoms with Crippen molar-refractivity contribution in [2.24, 2.45) is 0 Å². The zero-order chi connectivity index (χ0) is 21.1. The number of benzene rings is 1. The normalized spacial score (nSPS) is 15.7. The Morgan fingerprint density at radius 3 is 2.50 bits per heavy atom. The molecule has 1 saturated heterocycles. The molecule has 1 fully saturated rings. The summed E-state index contributed by atoms with van der Waals surface area (Å²) in [6.45, 7) is 5.17. The van der Waals surface area contributed by atoms with Crippen LogP contribution in [0.4, 0.5) is 5.82 Å². The second-order valence-corrected chi connectivity index (χ2v) is 7.00. The Bertz CT molecular complexity index is 1100. The van der Waals surface area contributed by atoms with Crippen LogP contribution in [0, 0.1) is 18.3 Å². The Kier molecular flexibility index (Phi) is 5.54. The van der Waals surface area contributed by atoms with E-state index in [1.807, 2.05) is 30.3 Å². The second kappa shape index (κ2) is 8.42. The third kappa shape index (κ3) is 3.92. The summed E-state index contributed by atoms with van der Waals surface area (Å²) in [6, 6.07) is 9.42. The number of aromatic nitrogens is 4. The van der Waals surface area contributed by atoms with Crippen molar-refractivity contribution in [3.05, 3.63) is 41.7 Å². The highest BCUT2D eigenvalue weighted by Crippen LogP contribution is 2.28. The van der Waals surface area contributed by atoms with E-state index < -0.39 is 11.9 Å². The Morgan fingerprint density at radius 1 is 1.20 bits per heavy atom. The van der Waals surface area contributed by atoms with Crippen LogP contribution in [-0.4, -0.2) is 64.3 Å². The van der Waals surface area contributed by atoms with E-state index in [1.54, 1.807) is 6.92 Å². The molecular weight excluding hydrogens is 386 g/mol. The van der Waals surface area contributed by atoms with Crippen molar-refractivity contribution in [1.29, 1.82) is 5.26 Å². The number of nitrogens with zero attached hydrogens (tertiary/aromatic N) is 7. The van der Waals surface area contributed by atoms with Gasteiger partial charge in [0.05, 0.1) is 30.8 Å². The van der Waals surface area contributed by atoms with Crippen molar-refractivity contribution < 1.29 is 14.1 Å². The first-order chi connectivity index (χ1) is 14.6. The highest BCUT2D eigenvalue weighted by Gasteiger charge is 2.31. The molecule has 0 saturated carbocycles. The fraction of sp³-hybridized carbons (Fsp3) is 0.400. The molecule has 4 rings (SSSR count). The number of carbonyl (C=O) groups excluding carboxylic acids is 1. The zero-order valence-electron chi connectivity index (χ0n) is 16.8. The van der Waals surface area contributed by atoms with E-state index in [-0.39, 0.29) is 0 Å². The Hall–Kier alpha value is -3.58. The summed E-state index contributed by atoms with van der Waals surface area (Å²) in [7, 11) is 1.26. The SMILES string of the molecule is COC(=O)C(C#N)c1nc2ccccc2nc1N1CCN(Cc2nc(C)no2)CC1. The third-order valence-electron chi connectivity index (χ3n) is 5.02. The number of hydrogen-bond acceptors (Lipinski definition) is 10. The van der Waals surface area contributed by atoms with Gasteiger partial charge in [-0.05, 0) is 19.1 Å². The largest absolute Gasteiger partial charge is 0.468 e. The predicted octanol–water partition coefficient (Wildman–Crippen LogP) is 1.42. The number of esters is 1. The number of ether oxygens (including phenoxy) is 1. The quantitative estimate of drug-likeness (QED) is 0.574. The van der Waals surface area contributed by atoms with Crippen LogP contribution >= 0.6 is 0 Å². The first kappa shape index (κ1) is 19.7. The van der Waals surface area contributed by atoms with E-state index in [0.717, 1.165) is 13.1 Å². The number of nitriles is 1. The van der Waals surface area contributed by atoms with Crippen molar-refractivity contribution in [1.82, 2.24) is 25.0 Å². The van der Waals surface area contributed by atoms with Crippen LogP contribution in [0.15, 0.2) is 28.8 Å². The molecule has 1 aliphatic rings. The van der Waals surface area contributed by atoms with Gasteiger partial charge in [0.2, 0.25) is 5.89 Å². The molecule has 2 aromatic heterocycles. The molecular formula is C20H21N7O3. The van der Waals surface area contributed by atoms with Crippen molar-refractivity contribution >= 4 is 22.8 Å². The molecule has 10 heteroatoms. The summed E-state index contributed by atoms with van der Waals surface area (Å²) in [5.41, 5.74) is 1.66. The summed E-state index contributed by atoms with van der Waals surface area (Å²) in [4.78, 5) is 30.1. The van der Waals surface area contributed by atoms with Crippen molar-refractivity contribution in [3.63, 3.8) is 0 Å². The highest BCUT2D eigenvalue weighted by atomic mass is 16.5. The number of anilines is 1. The minimum absolute atomic E-state index is 0.323. The lowest BCUT2D eigenvalue weighted by molar-refractivity contribution is -0.141. The van der Waals surface area contributed by atoms with Crippen LogP contribution in [0.5, 0.6) is 0 Å². The smallest absolute Gasteiger partial charge is 0.329 e. The monoisotopic (exact) mass is 407 g/mol. The topological polar surface area (TPSA) is 121 Å². The summed E-state index contributed by atoms with van der Waals surface area (Å²) < 4.78 is 10.0. The van der Waals surface area contributed by atoms with E-state index >= 15 is 0 Å². The van der Waals surface area contributed by atoms with Gasteiger partial charge in [-0.1, -0.05) is 17.3 Å². The van der Waals surface area contributed by atoms with Gasteiger partial charge in [0.15, 0.2) is 17.6 Å². The molecule has 0 aliphatic carbocycles. The predicted molar refractivity (Wildman–Crippen MR) is 106 cm³/mol. The van der Waals surface area contributed by atoms with Gasteiger partial charge >= 0.3 is 5.97 Å². The highest BCUT2D eigenvalue weighted by molar-refractivity contribution is 5.85. The van der Waals surface area contributed by atoms with Crippen LogP contribution in [0.1, 0.15) is 23.3 Å². The zero-order valence-corrected chi connectivity index (χ0v) is 16.8. The summed E-state index contributed by atoms with van der Waals surface area (Å²) in [5.74, 6) is -0.0402. The number of fused-ring (bicyclic) bond motifs is 1. The lowest BCUT2D eigenvalue weighted by atomic mass is 10.1. The second-order valence-electron chi connectivity index (χ2n) is 7.00. The van der Waals surface area contributed by atoms with Crippen LogP contribution in [-0.2, 0) is 16.1 Å². The van der Waals surface area contributed by atoms with Crippen molar-refractivity contribution in [2.75, 3.05) is 38.2 Å². The van der Waals surface area contributed by atoms with Gasteiger partial charge in [0.25, 0.3) is 0 Å². The van der Waals surface area contributed by atoms with Crippen LogP contribution in [0.3, 0.4) is 0 Å². The molecule has 1 unspecified atom stereocenters. The Morgan fingerprint density at radius 2 is 1.90 bits per heavy atom. The molecule has 0 radical (unpaired) electrons. The molecule has 0 bridgehead atoms. The molecule has 3 heterocycles. The molecule has 0 spiro atoms. The van der Waals surface area contributed by atoms with Crippen molar-refractivity contribution in [3.8, 4) is 6.07 Å². The summed E-state index contributed by atoms with van der Waals surface area (Å²) >= 11 is 0. The number of hydrogen-bond donors (Lipinski definition) is 0. The fourth-order valence-electron chi connectivity index (χ4n) is 3.49. The van der Waals surface area contributed by atoms with E-state index in [2.05, 4.69) is 24.9 Å². The van der Waals surface area contributed by atoms with Gasteiger partial charge in [-0.15, -0.1) is 0 Å². The van der Waals surface area contributed by atoms with Crippen LogP contribution in [0.2, 0.25) is 0 Å². The fourth-order valence-corrected chi connectivity index (χ4v) is 3.49. The van der Waals surface area contributed by atoms with Gasteiger partial charge < -0.3 is 14.2 Å². The van der Waals surface area contributed by atoms with Gasteiger partial charge in [-0.2, -0.15) is 10.2 Å². The number of para-hydroxylation sites is 2. The minimum atomic E-state index is -1.14. The molecule has 154 valence electrons. The molecule has 3 aromatic rings. The van der Waals surface area contributed by atoms with E-state index in [9.17, 15) is 10.1 Å². The van der Waals surface area contributed by atoms with Gasteiger partial charge in [-0.25, -0.2) is 9.97 Å². The van der Waals surface area contributed by atoms with E-state index in [1.165, 1.54) is 7.11 Å². The summed E-state index contributed by atoms with van der Waals surface area (Å²) in [5, 5.41) is 13.4. The first-order valence-electron chi connectivity index (χ1n) is 9.59. The van der Waals surface area contributed by atoms with Gasteiger partial charge in [-0.3, -0.25) is 9.69 Å². The standard InChI is InChI=1S/C20H21N7O3/c1-13-22-17(30-25-13)12-26-7-9-27(10-8-26)19-18(14(11-21)20(28)29-2)23-15-5-3-4-6-16(15)24-19/h3-6,14H,7-10,12H2,1-2H3. The van der Waals surface area contributed by atoms with Crippen molar-refractivity contribution in [2.45, 2.75) is 19.4 Å². The maximum Gasteiger partial charge on any atom is 0.329 e. The summed E-state index contributed by atoms with van der Waals surface area (Å²) in [6.07, 6.45) is 0. The average molecular weight is 407 g/mol. The molecule has 10 nitrogen and oxygen atoms in total. The average Bonchev–Trinajstić information content (AvgIpc) is 3.18. The van der Waals surface area contributed by atoms with E-state index in [0.29, 0.717) is 53.9 Å². The van der Waals surface area contributed by atoms with Gasteiger partial charge in [0, 0.05) is 26.2 Å². The molecule has 1 aromatic carbocycles. The third-order valence-corrected chi connectivity index (χ3v) is 5.02. The maximum atomic E-state index is 12.2. The lowest BCUT2D eigenvalue weighted by Crippen LogP contribution is -2.46. The Labute approximate surface area is 173 Å². The molecule has 30 heavy (non-hydrogen) atoms. The molecule has 1 atom stereocenters. The van der Waals surface area contributed by atoms with Crippen LogP contribution in [0.25, 0.3) is 11.0 Å². The number of carbonyl (C=O) groups is 1. The van der Waals surface area contributed by atoms with E-state index in [4.69, 9.17) is 14.2 Å². The Balaban J connectivity index is 1.60. The number of aryl methyl sites for hydroxylation is 1. The minimum Gasteiger partial charge on any atom is -0.468 e. The van der Waals surface area contributed by atoms with Gasteiger partial charge in [0.1, 0.15) is 5.69 Å². The molecule has 1 aliphatic heterocycles. The molecule has 0 amide bonds. The number of piperazine rings is 1. The van der Waals surface area contributed by atoms with Crippen LogP contribution < -0.4 is 4.90 Å². The first-order valence-corrected chi connectivity index (χ1v) is 9.59. The number of methoxy groups -OCH3 is 1. The lowest BCUT2D eigenvalue weighted by Gasteiger charge is -2.35.